The third kappa shape index (κ3) is 5.13. The van der Waals surface area contributed by atoms with Crippen molar-refractivity contribution in [2.45, 2.75) is 83.3 Å². The molecule has 0 aliphatic heterocycles. The van der Waals surface area contributed by atoms with Crippen molar-refractivity contribution in [1.29, 1.82) is 0 Å². The van der Waals surface area contributed by atoms with Crippen molar-refractivity contribution < 1.29 is 9.84 Å². The highest BCUT2D eigenvalue weighted by atomic mass is 16.5. The molecule has 1 fully saturated rings. The predicted molar refractivity (Wildman–Crippen MR) is 112 cm³/mol. The third-order valence-corrected chi connectivity index (χ3v) is 5.99. The SMILES string of the molecule is CCCC(C)(C)c1ccc([C@H]2CCC[C@H](O)C2)c(OCc2ccccc2)c1. The normalized spacial score (nSPS) is 20.4. The minimum Gasteiger partial charge on any atom is -0.489 e. The fraction of sp³-hybridized carbons (Fsp3) is 0.520. The lowest BCUT2D eigenvalue weighted by molar-refractivity contribution is 0.118. The molecule has 0 spiro atoms. The van der Waals surface area contributed by atoms with E-state index in [1.54, 1.807) is 0 Å². The van der Waals surface area contributed by atoms with Crippen LogP contribution in [0.2, 0.25) is 0 Å². The molecule has 0 heterocycles. The monoisotopic (exact) mass is 366 g/mol. The Morgan fingerprint density at radius 2 is 1.85 bits per heavy atom. The second kappa shape index (κ2) is 8.93. The van der Waals surface area contributed by atoms with Crippen LogP contribution in [0.25, 0.3) is 0 Å². The van der Waals surface area contributed by atoms with Crippen LogP contribution in [0.4, 0.5) is 0 Å². The molecule has 1 saturated carbocycles. The number of aliphatic hydroxyl groups excluding tert-OH is 1. The van der Waals surface area contributed by atoms with Gasteiger partial charge in [-0.2, -0.15) is 0 Å². The highest BCUT2D eigenvalue weighted by molar-refractivity contribution is 5.43. The van der Waals surface area contributed by atoms with Crippen LogP contribution in [0, 0.1) is 0 Å². The number of hydrogen-bond acceptors (Lipinski definition) is 2. The van der Waals surface area contributed by atoms with E-state index in [1.807, 2.05) is 6.07 Å². The smallest absolute Gasteiger partial charge is 0.123 e. The van der Waals surface area contributed by atoms with Gasteiger partial charge in [-0.1, -0.05) is 76.1 Å². The van der Waals surface area contributed by atoms with E-state index in [4.69, 9.17) is 4.74 Å². The average Bonchev–Trinajstić information content (AvgIpc) is 2.67. The van der Waals surface area contributed by atoms with Gasteiger partial charge in [0.15, 0.2) is 0 Å². The first-order chi connectivity index (χ1) is 13.0. The second-order valence-corrected chi connectivity index (χ2v) is 8.68. The lowest BCUT2D eigenvalue weighted by atomic mass is 9.78. The number of rotatable bonds is 7. The second-order valence-electron chi connectivity index (χ2n) is 8.68. The Hall–Kier alpha value is -1.80. The van der Waals surface area contributed by atoms with Gasteiger partial charge in [0.1, 0.15) is 12.4 Å². The van der Waals surface area contributed by atoms with Crippen molar-refractivity contribution in [1.82, 2.24) is 0 Å². The third-order valence-electron chi connectivity index (χ3n) is 5.99. The molecule has 27 heavy (non-hydrogen) atoms. The highest BCUT2D eigenvalue weighted by Crippen LogP contribution is 2.40. The quantitative estimate of drug-likeness (QED) is 0.617. The summed E-state index contributed by atoms with van der Waals surface area (Å²) >= 11 is 0. The van der Waals surface area contributed by atoms with Crippen LogP contribution in [-0.2, 0) is 12.0 Å². The molecule has 2 aromatic carbocycles. The molecular formula is C25H34O2. The molecule has 2 heteroatoms. The maximum atomic E-state index is 10.2. The lowest BCUT2D eigenvalue weighted by Gasteiger charge is -2.30. The summed E-state index contributed by atoms with van der Waals surface area (Å²) in [6.07, 6.45) is 6.15. The van der Waals surface area contributed by atoms with Crippen molar-refractivity contribution in [3.8, 4) is 5.75 Å². The molecule has 1 aliphatic rings. The van der Waals surface area contributed by atoms with Crippen molar-refractivity contribution in [3.63, 3.8) is 0 Å². The molecule has 0 saturated heterocycles. The molecule has 0 amide bonds. The zero-order valence-electron chi connectivity index (χ0n) is 17.1. The summed E-state index contributed by atoms with van der Waals surface area (Å²) in [6, 6.07) is 17.2. The summed E-state index contributed by atoms with van der Waals surface area (Å²) < 4.78 is 6.34. The fourth-order valence-electron chi connectivity index (χ4n) is 4.37. The van der Waals surface area contributed by atoms with Crippen LogP contribution < -0.4 is 4.74 Å². The summed E-state index contributed by atoms with van der Waals surface area (Å²) in [5, 5.41) is 10.2. The number of benzene rings is 2. The van der Waals surface area contributed by atoms with E-state index in [2.05, 4.69) is 63.2 Å². The van der Waals surface area contributed by atoms with Crippen molar-refractivity contribution in [3.05, 3.63) is 65.2 Å². The first kappa shape index (κ1) is 19.9. The first-order valence-corrected chi connectivity index (χ1v) is 10.5. The molecule has 2 nitrogen and oxygen atoms in total. The van der Waals surface area contributed by atoms with E-state index in [0.29, 0.717) is 12.5 Å². The van der Waals surface area contributed by atoms with Crippen LogP contribution in [0.15, 0.2) is 48.5 Å². The highest BCUT2D eigenvalue weighted by Gasteiger charge is 2.26. The number of aliphatic hydroxyl groups is 1. The summed E-state index contributed by atoms with van der Waals surface area (Å²) in [6.45, 7) is 7.46. The van der Waals surface area contributed by atoms with Gasteiger partial charge >= 0.3 is 0 Å². The van der Waals surface area contributed by atoms with Crippen molar-refractivity contribution >= 4 is 0 Å². The minimum atomic E-state index is -0.179. The van der Waals surface area contributed by atoms with Gasteiger partial charge in [0, 0.05) is 0 Å². The van der Waals surface area contributed by atoms with E-state index in [-0.39, 0.29) is 11.5 Å². The van der Waals surface area contributed by atoms with Gasteiger partial charge in [0.2, 0.25) is 0 Å². The van der Waals surface area contributed by atoms with Gasteiger partial charge in [-0.25, -0.2) is 0 Å². The summed E-state index contributed by atoms with van der Waals surface area (Å²) in [5.74, 6) is 1.39. The maximum Gasteiger partial charge on any atom is 0.123 e. The van der Waals surface area contributed by atoms with Crippen molar-refractivity contribution in [2.24, 2.45) is 0 Å². The van der Waals surface area contributed by atoms with Crippen LogP contribution in [-0.4, -0.2) is 11.2 Å². The van der Waals surface area contributed by atoms with Crippen LogP contribution >= 0.6 is 0 Å². The standard InChI is InChI=1S/C25H34O2/c1-4-15-25(2,3)21-13-14-23(20-11-8-12-22(26)16-20)24(17-21)27-18-19-9-6-5-7-10-19/h5-7,9-10,13-14,17,20,22,26H,4,8,11-12,15-16,18H2,1-3H3/t20-,22-/m0/s1. The first-order valence-electron chi connectivity index (χ1n) is 10.5. The van der Waals surface area contributed by atoms with Gasteiger partial charge in [-0.15, -0.1) is 0 Å². The Balaban J connectivity index is 1.89. The molecule has 146 valence electrons. The summed E-state index contributed by atoms with van der Waals surface area (Å²) in [4.78, 5) is 0. The fourth-order valence-corrected chi connectivity index (χ4v) is 4.37. The van der Waals surface area contributed by atoms with E-state index < -0.39 is 0 Å². The van der Waals surface area contributed by atoms with E-state index in [1.165, 1.54) is 23.1 Å². The molecule has 2 atom stereocenters. The molecule has 1 aliphatic carbocycles. The van der Waals surface area contributed by atoms with Crippen LogP contribution in [0.1, 0.15) is 81.9 Å². The Labute approximate surface area is 164 Å². The average molecular weight is 367 g/mol. The van der Waals surface area contributed by atoms with Gasteiger partial charge in [-0.3, -0.25) is 0 Å². The summed E-state index contributed by atoms with van der Waals surface area (Å²) in [5.41, 5.74) is 3.93. The molecule has 2 aromatic rings. The number of ether oxygens (including phenoxy) is 1. The summed E-state index contributed by atoms with van der Waals surface area (Å²) in [7, 11) is 0. The topological polar surface area (TPSA) is 29.5 Å². The molecule has 3 rings (SSSR count). The molecule has 1 N–H and O–H groups in total. The molecule has 0 radical (unpaired) electrons. The molecule has 0 unspecified atom stereocenters. The Morgan fingerprint density at radius 1 is 1.07 bits per heavy atom. The zero-order chi connectivity index (χ0) is 19.3. The minimum absolute atomic E-state index is 0.143. The van der Waals surface area contributed by atoms with Gasteiger partial charge in [-0.05, 0) is 59.8 Å². The number of hydrogen-bond donors (Lipinski definition) is 1. The largest absolute Gasteiger partial charge is 0.489 e. The van der Waals surface area contributed by atoms with E-state index >= 15 is 0 Å². The Kier molecular flexibility index (Phi) is 6.59. The zero-order valence-corrected chi connectivity index (χ0v) is 17.1. The molecule has 0 aromatic heterocycles. The molecule has 0 bridgehead atoms. The van der Waals surface area contributed by atoms with Gasteiger partial charge < -0.3 is 9.84 Å². The lowest BCUT2D eigenvalue weighted by Crippen LogP contribution is -2.20. The Bertz CT molecular complexity index is 720. The van der Waals surface area contributed by atoms with Gasteiger partial charge in [0.05, 0.1) is 6.10 Å². The van der Waals surface area contributed by atoms with Crippen LogP contribution in [0.5, 0.6) is 5.75 Å². The van der Waals surface area contributed by atoms with E-state index in [0.717, 1.165) is 37.9 Å². The predicted octanol–water partition coefficient (Wildman–Crippen LogP) is 6.36. The molecular weight excluding hydrogens is 332 g/mol. The van der Waals surface area contributed by atoms with E-state index in [9.17, 15) is 5.11 Å². The van der Waals surface area contributed by atoms with Crippen LogP contribution in [0.3, 0.4) is 0 Å². The maximum absolute atomic E-state index is 10.2. The Morgan fingerprint density at radius 3 is 2.56 bits per heavy atom. The van der Waals surface area contributed by atoms with Crippen molar-refractivity contribution in [2.75, 3.05) is 0 Å². The van der Waals surface area contributed by atoms with Gasteiger partial charge in [0.25, 0.3) is 0 Å².